The van der Waals surface area contributed by atoms with E-state index in [-0.39, 0.29) is 11.4 Å². The largest absolute Gasteiger partial charge is 0.273 e. The maximum atomic E-state index is 12.5. The summed E-state index contributed by atoms with van der Waals surface area (Å²) in [5.41, 5.74) is 1.49. The van der Waals surface area contributed by atoms with Crippen LogP contribution in [0.15, 0.2) is 23.5 Å². The summed E-state index contributed by atoms with van der Waals surface area (Å²) in [4.78, 5) is 0.241. The van der Waals surface area contributed by atoms with Gasteiger partial charge in [0, 0.05) is 38.9 Å². The van der Waals surface area contributed by atoms with Gasteiger partial charge < -0.3 is 0 Å². The minimum Gasteiger partial charge on any atom is -0.273 e. The highest BCUT2D eigenvalue weighted by Gasteiger charge is 2.25. The average molecular weight is 297 g/mol. The van der Waals surface area contributed by atoms with Gasteiger partial charge in [0.15, 0.2) is 0 Å². The van der Waals surface area contributed by atoms with Crippen LogP contribution < -0.4 is 0 Å². The number of nitrogens with zero attached hydrogens (tertiary/aromatic N) is 5. The molecule has 0 fully saturated rings. The van der Waals surface area contributed by atoms with E-state index < -0.39 is 10.0 Å². The lowest BCUT2D eigenvalue weighted by atomic mass is 10.4. The quantitative estimate of drug-likeness (QED) is 0.817. The maximum absolute atomic E-state index is 12.5. The van der Waals surface area contributed by atoms with Gasteiger partial charge in [0.2, 0.25) is 10.0 Å². The second kappa shape index (κ2) is 5.37. The molecule has 0 N–H and O–H groups in total. The van der Waals surface area contributed by atoms with Crippen molar-refractivity contribution in [3.8, 4) is 0 Å². The lowest BCUT2D eigenvalue weighted by Crippen LogP contribution is -2.26. The van der Waals surface area contributed by atoms with Crippen LogP contribution in [0.2, 0.25) is 0 Å². The third-order valence-electron chi connectivity index (χ3n) is 3.29. The van der Waals surface area contributed by atoms with Crippen LogP contribution in [0.4, 0.5) is 0 Å². The first kappa shape index (κ1) is 14.7. The highest BCUT2D eigenvalue weighted by molar-refractivity contribution is 7.89. The molecule has 2 aromatic heterocycles. The van der Waals surface area contributed by atoms with Gasteiger partial charge in [0.1, 0.15) is 4.90 Å². The van der Waals surface area contributed by atoms with Crippen molar-refractivity contribution in [2.75, 3.05) is 7.05 Å². The van der Waals surface area contributed by atoms with Crippen molar-refractivity contribution in [1.29, 1.82) is 0 Å². The van der Waals surface area contributed by atoms with E-state index in [2.05, 4.69) is 10.2 Å². The molecule has 7 nitrogen and oxygen atoms in total. The Kier molecular flexibility index (Phi) is 3.96. The second-order valence-electron chi connectivity index (χ2n) is 4.68. The van der Waals surface area contributed by atoms with Crippen molar-refractivity contribution in [3.63, 3.8) is 0 Å². The molecule has 110 valence electrons. The van der Waals surface area contributed by atoms with Crippen LogP contribution in [0.1, 0.15) is 18.2 Å². The number of hydrogen-bond donors (Lipinski definition) is 0. The van der Waals surface area contributed by atoms with E-state index in [4.69, 9.17) is 0 Å². The topological polar surface area (TPSA) is 73.0 Å². The Labute approximate surface area is 118 Å². The third kappa shape index (κ3) is 2.61. The maximum Gasteiger partial charge on any atom is 0.246 e. The van der Waals surface area contributed by atoms with E-state index in [1.165, 1.54) is 10.5 Å². The average Bonchev–Trinajstić information content (AvgIpc) is 2.98. The first-order valence-corrected chi connectivity index (χ1v) is 7.76. The van der Waals surface area contributed by atoms with Gasteiger partial charge in [0.25, 0.3) is 0 Å². The molecule has 0 aliphatic rings. The minimum atomic E-state index is -3.53. The highest BCUT2D eigenvalue weighted by Crippen LogP contribution is 2.19. The van der Waals surface area contributed by atoms with Gasteiger partial charge >= 0.3 is 0 Å². The monoisotopic (exact) mass is 297 g/mol. The summed E-state index contributed by atoms with van der Waals surface area (Å²) in [7, 11) is -0.249. The van der Waals surface area contributed by atoms with Crippen molar-refractivity contribution in [1.82, 2.24) is 23.9 Å². The number of sulfonamides is 1. The van der Waals surface area contributed by atoms with Crippen LogP contribution in [0.5, 0.6) is 0 Å². The molecule has 2 aromatic rings. The molecule has 0 aromatic carbocycles. The zero-order valence-electron chi connectivity index (χ0n) is 12.1. The van der Waals surface area contributed by atoms with E-state index >= 15 is 0 Å². The predicted molar refractivity (Wildman–Crippen MR) is 74.5 cm³/mol. The molecule has 2 heterocycles. The molecule has 0 saturated carbocycles. The molecule has 0 saturated heterocycles. The standard InChI is InChI=1S/C12H19N5O2S/c1-5-17-9-11(6-14-17)8-15(3)20(18,19)12-7-13-16(4)10(12)2/h6-7,9H,5,8H2,1-4H3. The Morgan fingerprint density at radius 1 is 1.30 bits per heavy atom. The molecule has 0 aliphatic carbocycles. The molecule has 0 unspecified atom stereocenters. The fourth-order valence-corrected chi connectivity index (χ4v) is 3.24. The van der Waals surface area contributed by atoms with Gasteiger partial charge in [-0.3, -0.25) is 9.36 Å². The third-order valence-corrected chi connectivity index (χ3v) is 5.20. The summed E-state index contributed by atoms with van der Waals surface area (Å²) in [6.45, 7) is 4.77. The Morgan fingerprint density at radius 3 is 2.50 bits per heavy atom. The highest BCUT2D eigenvalue weighted by atomic mass is 32.2. The molecule has 0 radical (unpaired) electrons. The number of aromatic nitrogens is 4. The van der Waals surface area contributed by atoms with E-state index in [0.717, 1.165) is 12.1 Å². The molecule has 0 aliphatic heterocycles. The Bertz CT molecular complexity index is 701. The molecular formula is C12H19N5O2S. The van der Waals surface area contributed by atoms with Gasteiger partial charge in [-0.25, -0.2) is 8.42 Å². The molecule has 2 rings (SSSR count). The molecule has 0 spiro atoms. The van der Waals surface area contributed by atoms with Crippen LogP contribution >= 0.6 is 0 Å². The number of hydrogen-bond acceptors (Lipinski definition) is 4. The molecule has 0 amide bonds. The summed E-state index contributed by atoms with van der Waals surface area (Å²) in [5.74, 6) is 0. The van der Waals surface area contributed by atoms with Crippen molar-refractivity contribution < 1.29 is 8.42 Å². The fourth-order valence-electron chi connectivity index (χ4n) is 1.90. The van der Waals surface area contributed by atoms with E-state index in [1.807, 2.05) is 13.1 Å². The molecule has 0 atom stereocenters. The summed E-state index contributed by atoms with van der Waals surface area (Å²) in [6, 6.07) is 0. The van der Waals surface area contributed by atoms with E-state index in [0.29, 0.717) is 5.69 Å². The lowest BCUT2D eigenvalue weighted by molar-refractivity contribution is 0.466. The van der Waals surface area contributed by atoms with Crippen molar-refractivity contribution >= 4 is 10.0 Å². The Hall–Kier alpha value is -1.67. The number of rotatable bonds is 5. The van der Waals surface area contributed by atoms with Crippen molar-refractivity contribution in [2.24, 2.45) is 7.05 Å². The van der Waals surface area contributed by atoms with Crippen LogP contribution in [-0.4, -0.2) is 39.3 Å². The van der Waals surface area contributed by atoms with Gasteiger partial charge in [-0.05, 0) is 13.8 Å². The summed E-state index contributed by atoms with van der Waals surface area (Å²) in [6.07, 6.45) is 4.92. The van der Waals surface area contributed by atoms with Crippen molar-refractivity contribution in [3.05, 3.63) is 29.8 Å². The van der Waals surface area contributed by atoms with Crippen molar-refractivity contribution in [2.45, 2.75) is 31.8 Å². The number of aryl methyl sites for hydroxylation is 2. The normalized spacial score (nSPS) is 12.2. The second-order valence-corrected chi connectivity index (χ2v) is 6.70. The summed E-state index contributed by atoms with van der Waals surface area (Å²) >= 11 is 0. The molecule has 20 heavy (non-hydrogen) atoms. The van der Waals surface area contributed by atoms with Gasteiger partial charge in [0.05, 0.1) is 18.1 Å². The van der Waals surface area contributed by atoms with Crippen LogP contribution in [-0.2, 0) is 30.2 Å². The van der Waals surface area contributed by atoms with Gasteiger partial charge in [-0.2, -0.15) is 14.5 Å². The zero-order chi connectivity index (χ0) is 14.9. The van der Waals surface area contributed by atoms with Crippen LogP contribution in [0.25, 0.3) is 0 Å². The molecule has 0 bridgehead atoms. The predicted octanol–water partition coefficient (Wildman–Crippen LogP) is 0.766. The van der Waals surface area contributed by atoms with E-state index in [9.17, 15) is 8.42 Å². The Balaban J connectivity index is 2.23. The Morgan fingerprint density at radius 2 is 2.00 bits per heavy atom. The molecule has 8 heteroatoms. The lowest BCUT2D eigenvalue weighted by Gasteiger charge is -2.15. The SMILES string of the molecule is CCn1cc(CN(C)S(=O)(=O)c2cnn(C)c2C)cn1. The van der Waals surface area contributed by atoms with Crippen LogP contribution in [0, 0.1) is 6.92 Å². The zero-order valence-corrected chi connectivity index (χ0v) is 12.9. The smallest absolute Gasteiger partial charge is 0.246 e. The summed E-state index contributed by atoms with van der Waals surface area (Å²) in [5, 5.41) is 8.13. The fraction of sp³-hybridized carbons (Fsp3) is 0.500. The van der Waals surface area contributed by atoms with Gasteiger partial charge in [-0.15, -0.1) is 0 Å². The summed E-state index contributed by atoms with van der Waals surface area (Å²) < 4.78 is 29.6. The first-order valence-electron chi connectivity index (χ1n) is 6.32. The van der Waals surface area contributed by atoms with E-state index in [1.54, 1.807) is 36.6 Å². The minimum absolute atomic E-state index is 0.241. The van der Waals surface area contributed by atoms with Crippen LogP contribution in [0.3, 0.4) is 0 Å². The molecular weight excluding hydrogens is 278 g/mol. The van der Waals surface area contributed by atoms with Gasteiger partial charge in [-0.1, -0.05) is 0 Å². The first-order chi connectivity index (χ1) is 9.36.